The second-order valence-corrected chi connectivity index (χ2v) is 4.18. The molecule has 1 aromatic rings. The number of allylic oxidation sites excluding steroid dienone is 1. The van der Waals surface area contributed by atoms with Crippen LogP contribution in [0.25, 0.3) is 5.57 Å². The third-order valence-electron chi connectivity index (χ3n) is 3.04. The molecule has 0 radical (unpaired) electrons. The van der Waals surface area contributed by atoms with Crippen molar-refractivity contribution in [1.82, 2.24) is 10.3 Å². The monoisotopic (exact) mass is 244 g/mol. The topological polar surface area (TPSA) is 104 Å². The number of carbonyl (C=O) groups is 1. The lowest BCUT2D eigenvalue weighted by Gasteiger charge is -2.06. The molecule has 0 saturated heterocycles. The number of aliphatic imine (C=N–C) groups is 1. The molecule has 2 aliphatic rings. The molecular formula is C12H12N4O2. The van der Waals surface area contributed by atoms with Gasteiger partial charge in [0.05, 0.1) is 0 Å². The number of aromatic hydroxyl groups is 1. The van der Waals surface area contributed by atoms with Gasteiger partial charge in [-0.25, -0.2) is 0 Å². The van der Waals surface area contributed by atoms with Crippen LogP contribution in [0.15, 0.2) is 28.9 Å². The van der Waals surface area contributed by atoms with Crippen molar-refractivity contribution in [3.05, 3.63) is 29.5 Å². The van der Waals surface area contributed by atoms with Crippen LogP contribution in [0.1, 0.15) is 12.0 Å². The lowest BCUT2D eigenvalue weighted by Crippen LogP contribution is -2.29. The van der Waals surface area contributed by atoms with Gasteiger partial charge < -0.3 is 21.1 Å². The van der Waals surface area contributed by atoms with Crippen LogP contribution in [-0.4, -0.2) is 28.3 Å². The van der Waals surface area contributed by atoms with Crippen LogP contribution in [0.2, 0.25) is 0 Å². The summed E-state index contributed by atoms with van der Waals surface area (Å²) >= 11 is 0. The predicted octanol–water partition coefficient (Wildman–Crippen LogP) is 0.544. The van der Waals surface area contributed by atoms with Crippen molar-refractivity contribution < 1.29 is 9.90 Å². The first-order valence-corrected chi connectivity index (χ1v) is 5.60. The summed E-state index contributed by atoms with van der Waals surface area (Å²) in [7, 11) is 0. The van der Waals surface area contributed by atoms with Gasteiger partial charge in [0, 0.05) is 23.9 Å². The van der Waals surface area contributed by atoms with Crippen LogP contribution in [0.5, 0.6) is 5.88 Å². The Morgan fingerprint density at radius 1 is 1.44 bits per heavy atom. The number of amides is 1. The van der Waals surface area contributed by atoms with Crippen molar-refractivity contribution in [1.29, 1.82) is 0 Å². The van der Waals surface area contributed by atoms with Crippen molar-refractivity contribution in [3.8, 4) is 5.88 Å². The number of rotatable bonds is 1. The molecular weight excluding hydrogens is 232 g/mol. The Morgan fingerprint density at radius 2 is 2.28 bits per heavy atom. The van der Waals surface area contributed by atoms with Gasteiger partial charge >= 0.3 is 0 Å². The number of nitrogen functional groups attached to an aromatic ring is 1. The molecule has 3 heterocycles. The molecule has 1 aromatic heterocycles. The first kappa shape index (κ1) is 10.6. The highest BCUT2D eigenvalue weighted by molar-refractivity contribution is 6.48. The molecule has 3 rings (SSSR count). The number of nitrogens with zero attached hydrogens (tertiary/aromatic N) is 1. The fourth-order valence-electron chi connectivity index (χ4n) is 2.25. The van der Waals surface area contributed by atoms with Crippen molar-refractivity contribution in [3.63, 3.8) is 0 Å². The molecule has 0 aliphatic carbocycles. The Hall–Kier alpha value is -2.50. The van der Waals surface area contributed by atoms with Crippen LogP contribution < -0.4 is 11.1 Å². The van der Waals surface area contributed by atoms with Crippen molar-refractivity contribution in [2.24, 2.45) is 4.99 Å². The maximum atomic E-state index is 11.8. The zero-order chi connectivity index (χ0) is 12.7. The number of anilines is 1. The number of hydrogen-bond acceptors (Lipinski definition) is 4. The van der Waals surface area contributed by atoms with Gasteiger partial charge in [-0.2, -0.15) is 0 Å². The highest BCUT2D eigenvalue weighted by Crippen LogP contribution is 2.34. The zero-order valence-electron chi connectivity index (χ0n) is 9.53. The van der Waals surface area contributed by atoms with Crippen LogP contribution in [0.4, 0.5) is 5.82 Å². The van der Waals surface area contributed by atoms with E-state index in [0.29, 0.717) is 30.1 Å². The fourth-order valence-corrected chi connectivity index (χ4v) is 2.25. The number of hydrogen-bond donors (Lipinski definition) is 4. The largest absolute Gasteiger partial charge is 0.494 e. The number of H-pyrrole nitrogens is 1. The average Bonchev–Trinajstić information content (AvgIpc) is 2.88. The van der Waals surface area contributed by atoms with Crippen molar-refractivity contribution in [2.75, 3.05) is 12.3 Å². The zero-order valence-corrected chi connectivity index (χ0v) is 9.53. The quantitative estimate of drug-likeness (QED) is 0.579. The minimum Gasteiger partial charge on any atom is -0.494 e. The van der Waals surface area contributed by atoms with E-state index in [9.17, 15) is 9.90 Å². The maximum Gasteiger partial charge on any atom is 0.270 e. The Kier molecular flexibility index (Phi) is 2.22. The molecule has 2 aliphatic heterocycles. The third-order valence-corrected chi connectivity index (χ3v) is 3.04. The van der Waals surface area contributed by atoms with Crippen LogP contribution >= 0.6 is 0 Å². The van der Waals surface area contributed by atoms with Gasteiger partial charge in [0.2, 0.25) is 0 Å². The maximum absolute atomic E-state index is 11.8. The molecule has 0 saturated carbocycles. The standard InChI is InChI=1S/C12H12N4O2/c13-9-5-8(11(17)16-9)6-1-4-15-12(18)10-7(6)2-3-14-10/h2-3,5,16-17H,1,4,13H2,(H,15,18). The molecule has 0 bridgehead atoms. The van der Waals surface area contributed by atoms with Gasteiger partial charge in [0.25, 0.3) is 5.91 Å². The number of carbonyl (C=O) groups excluding carboxylic acids is 1. The van der Waals surface area contributed by atoms with E-state index < -0.39 is 0 Å². The number of nitrogens with one attached hydrogen (secondary N) is 2. The lowest BCUT2D eigenvalue weighted by atomic mass is 9.97. The average molecular weight is 244 g/mol. The molecule has 92 valence electrons. The minimum atomic E-state index is -0.187. The Bertz CT molecular complexity index is 622. The third kappa shape index (κ3) is 1.50. The van der Waals surface area contributed by atoms with Gasteiger partial charge in [0.15, 0.2) is 5.88 Å². The summed E-state index contributed by atoms with van der Waals surface area (Å²) < 4.78 is 0. The highest BCUT2D eigenvalue weighted by atomic mass is 16.3. The number of nitrogens with two attached hydrogens (primary N) is 1. The van der Waals surface area contributed by atoms with E-state index in [1.165, 1.54) is 0 Å². The van der Waals surface area contributed by atoms with Crippen LogP contribution in [0, 0.1) is 0 Å². The number of aromatic nitrogens is 1. The molecule has 0 spiro atoms. The summed E-state index contributed by atoms with van der Waals surface area (Å²) in [5.74, 6) is 0.219. The molecule has 1 amide bonds. The van der Waals surface area contributed by atoms with E-state index in [2.05, 4.69) is 15.3 Å². The van der Waals surface area contributed by atoms with E-state index in [1.807, 2.05) is 0 Å². The molecule has 18 heavy (non-hydrogen) atoms. The van der Waals surface area contributed by atoms with Gasteiger partial charge in [0.1, 0.15) is 11.5 Å². The number of aromatic amines is 1. The summed E-state index contributed by atoms with van der Waals surface area (Å²) in [5.41, 5.74) is 8.25. The Balaban J connectivity index is 2.18. The number of fused-ring (bicyclic) bond motifs is 1. The molecule has 6 nitrogen and oxygen atoms in total. The Labute approximate surface area is 103 Å². The van der Waals surface area contributed by atoms with E-state index in [0.717, 1.165) is 11.1 Å². The fraction of sp³-hybridized carbons (Fsp3) is 0.167. The first-order valence-electron chi connectivity index (χ1n) is 5.60. The second kappa shape index (κ2) is 3.76. The summed E-state index contributed by atoms with van der Waals surface area (Å²) in [6.07, 6.45) is 3.98. The SMILES string of the molecule is Nc1cc(C2=C3C=CN=C3C(=O)NCC2)c(O)[nH]1. The second-order valence-electron chi connectivity index (χ2n) is 4.18. The molecule has 0 aromatic carbocycles. The molecule has 6 heteroatoms. The summed E-state index contributed by atoms with van der Waals surface area (Å²) in [5, 5.41) is 12.6. The van der Waals surface area contributed by atoms with Crippen LogP contribution in [0.3, 0.4) is 0 Å². The molecule has 0 fully saturated rings. The summed E-state index contributed by atoms with van der Waals surface area (Å²) in [6.45, 7) is 0.509. The minimum absolute atomic E-state index is 0.0176. The summed E-state index contributed by atoms with van der Waals surface area (Å²) in [4.78, 5) is 18.5. The van der Waals surface area contributed by atoms with E-state index in [1.54, 1.807) is 18.3 Å². The molecule has 0 atom stereocenters. The molecule has 0 unspecified atom stereocenters. The van der Waals surface area contributed by atoms with Crippen molar-refractivity contribution >= 4 is 23.0 Å². The molecule has 5 N–H and O–H groups in total. The van der Waals surface area contributed by atoms with Crippen molar-refractivity contribution in [2.45, 2.75) is 6.42 Å². The van der Waals surface area contributed by atoms with E-state index in [-0.39, 0.29) is 11.8 Å². The first-order chi connectivity index (χ1) is 8.66. The Morgan fingerprint density at radius 3 is 3.00 bits per heavy atom. The smallest absolute Gasteiger partial charge is 0.270 e. The van der Waals surface area contributed by atoms with Gasteiger partial charge in [-0.05, 0) is 24.1 Å². The van der Waals surface area contributed by atoms with Crippen LogP contribution in [-0.2, 0) is 4.79 Å². The van der Waals surface area contributed by atoms with Gasteiger partial charge in [-0.15, -0.1) is 0 Å². The summed E-state index contributed by atoms with van der Waals surface area (Å²) in [6, 6.07) is 1.66. The van der Waals surface area contributed by atoms with Gasteiger partial charge in [-0.3, -0.25) is 9.79 Å². The van der Waals surface area contributed by atoms with Gasteiger partial charge in [-0.1, -0.05) is 0 Å². The normalized spacial score (nSPS) is 18.4. The van der Waals surface area contributed by atoms with E-state index >= 15 is 0 Å². The lowest BCUT2D eigenvalue weighted by molar-refractivity contribution is -0.114. The predicted molar refractivity (Wildman–Crippen MR) is 68.0 cm³/mol. The highest BCUT2D eigenvalue weighted by Gasteiger charge is 2.26. The van der Waals surface area contributed by atoms with E-state index in [4.69, 9.17) is 5.73 Å².